The molecule has 0 fully saturated rings. The summed E-state index contributed by atoms with van der Waals surface area (Å²) in [5.41, 5.74) is 3.14. The van der Waals surface area contributed by atoms with Gasteiger partial charge in [-0.3, -0.25) is 4.79 Å². The van der Waals surface area contributed by atoms with E-state index in [9.17, 15) is 18.0 Å². The lowest BCUT2D eigenvalue weighted by Crippen LogP contribution is -2.35. The van der Waals surface area contributed by atoms with Crippen LogP contribution in [-0.4, -0.2) is 42.9 Å². The van der Waals surface area contributed by atoms with Crippen molar-refractivity contribution in [3.8, 4) is 11.1 Å². The first kappa shape index (κ1) is 20.1. The monoisotopic (exact) mass is 388 g/mol. The van der Waals surface area contributed by atoms with E-state index in [0.29, 0.717) is 19.6 Å². The lowest BCUT2D eigenvalue weighted by atomic mass is 9.94. The number of hydrogen-bond donors (Lipinski definition) is 0. The maximum Gasteiger partial charge on any atom is 0.416 e. The molecule has 148 valence electrons. The Bertz CT molecular complexity index is 870. The van der Waals surface area contributed by atoms with Crippen molar-refractivity contribution in [2.75, 3.05) is 27.2 Å². The van der Waals surface area contributed by atoms with Crippen LogP contribution in [-0.2, 0) is 23.9 Å². The van der Waals surface area contributed by atoms with Gasteiger partial charge in [0.2, 0.25) is 5.91 Å². The number of fused-ring (bicyclic) bond motifs is 1. The maximum absolute atomic E-state index is 12.8. The van der Waals surface area contributed by atoms with Crippen molar-refractivity contribution in [1.82, 2.24) is 9.80 Å². The molecule has 0 bridgehead atoms. The van der Waals surface area contributed by atoms with E-state index in [0.717, 1.165) is 35.2 Å². The molecule has 1 aliphatic rings. The summed E-state index contributed by atoms with van der Waals surface area (Å²) in [5.74, 6) is -0.0209. The molecule has 0 radical (unpaired) electrons. The fourth-order valence-electron chi connectivity index (χ4n) is 3.25. The third-order valence-electron chi connectivity index (χ3n) is 4.81. The van der Waals surface area contributed by atoms with Gasteiger partial charge in [-0.2, -0.15) is 13.2 Å². The Labute approximate surface area is 163 Å². The summed E-state index contributed by atoms with van der Waals surface area (Å²) in [6, 6.07) is 11.1. The van der Waals surface area contributed by atoms with Crippen LogP contribution in [0.3, 0.4) is 0 Å². The predicted octanol–water partition coefficient (Wildman–Crippen LogP) is 4.37. The van der Waals surface area contributed by atoms with Gasteiger partial charge in [0.15, 0.2) is 0 Å². The normalized spacial score (nSPS) is 14.6. The van der Waals surface area contributed by atoms with Crippen molar-refractivity contribution in [1.29, 1.82) is 0 Å². The number of likely N-dealkylation sites (N-methyl/N-ethyl adjacent to an activating group) is 1. The molecular weight excluding hydrogens is 365 g/mol. The third-order valence-corrected chi connectivity index (χ3v) is 4.81. The summed E-state index contributed by atoms with van der Waals surface area (Å²) < 4.78 is 38.3. The smallest absolute Gasteiger partial charge is 0.335 e. The van der Waals surface area contributed by atoms with E-state index in [1.165, 1.54) is 17.7 Å². The number of rotatable bonds is 4. The molecule has 3 nitrogen and oxygen atoms in total. The lowest BCUT2D eigenvalue weighted by molar-refractivity contribution is -0.137. The molecule has 0 aliphatic carbocycles. The Kier molecular flexibility index (Phi) is 5.89. The van der Waals surface area contributed by atoms with Gasteiger partial charge in [0.25, 0.3) is 0 Å². The van der Waals surface area contributed by atoms with E-state index in [2.05, 4.69) is 0 Å². The van der Waals surface area contributed by atoms with Gasteiger partial charge >= 0.3 is 6.18 Å². The zero-order valence-electron chi connectivity index (χ0n) is 16.0. The predicted molar refractivity (Wildman–Crippen MR) is 104 cm³/mol. The summed E-state index contributed by atoms with van der Waals surface area (Å²) in [5, 5.41) is 0. The van der Waals surface area contributed by atoms with Crippen molar-refractivity contribution in [2.45, 2.75) is 19.1 Å². The van der Waals surface area contributed by atoms with Gasteiger partial charge in [-0.1, -0.05) is 30.3 Å². The van der Waals surface area contributed by atoms with E-state index >= 15 is 0 Å². The van der Waals surface area contributed by atoms with Gasteiger partial charge in [0.05, 0.1) is 5.56 Å². The number of carbonyl (C=O) groups excluding carboxylic acids is 1. The van der Waals surface area contributed by atoms with Crippen LogP contribution in [0.1, 0.15) is 16.7 Å². The van der Waals surface area contributed by atoms with Crippen molar-refractivity contribution in [2.24, 2.45) is 0 Å². The zero-order valence-corrected chi connectivity index (χ0v) is 16.0. The van der Waals surface area contributed by atoms with Gasteiger partial charge in [0, 0.05) is 25.7 Å². The van der Waals surface area contributed by atoms with Gasteiger partial charge in [-0.15, -0.1) is 0 Å². The first-order valence-corrected chi connectivity index (χ1v) is 9.13. The Morgan fingerprint density at radius 1 is 1.07 bits per heavy atom. The quantitative estimate of drug-likeness (QED) is 0.726. The molecule has 0 spiro atoms. The molecule has 0 N–H and O–H groups in total. The largest absolute Gasteiger partial charge is 0.416 e. The number of alkyl halides is 3. The molecule has 0 aromatic heterocycles. The highest BCUT2D eigenvalue weighted by Crippen LogP contribution is 2.32. The van der Waals surface area contributed by atoms with E-state index in [-0.39, 0.29) is 5.91 Å². The molecule has 0 atom stereocenters. The van der Waals surface area contributed by atoms with Crippen LogP contribution in [0.15, 0.2) is 54.6 Å². The molecule has 2 aromatic rings. The van der Waals surface area contributed by atoms with Gasteiger partial charge in [0.1, 0.15) is 0 Å². The molecule has 0 unspecified atom stereocenters. The molecule has 0 saturated heterocycles. The summed E-state index contributed by atoms with van der Waals surface area (Å²) in [4.78, 5) is 16.2. The van der Waals surface area contributed by atoms with Crippen molar-refractivity contribution in [3.63, 3.8) is 0 Å². The van der Waals surface area contributed by atoms with Gasteiger partial charge in [-0.05, 0) is 61.0 Å². The molecule has 0 saturated carbocycles. The highest BCUT2D eigenvalue weighted by atomic mass is 19.4. The number of carbonyl (C=O) groups is 1. The number of nitrogens with zero attached hydrogens (tertiary/aromatic N) is 2. The van der Waals surface area contributed by atoms with Crippen LogP contribution >= 0.6 is 0 Å². The number of amides is 1. The lowest BCUT2D eigenvalue weighted by Gasteiger charge is -2.28. The highest BCUT2D eigenvalue weighted by Gasteiger charge is 2.30. The van der Waals surface area contributed by atoms with Crippen molar-refractivity contribution >= 4 is 5.91 Å². The van der Waals surface area contributed by atoms with Crippen molar-refractivity contribution < 1.29 is 18.0 Å². The Hall–Kier alpha value is -2.60. The molecule has 1 heterocycles. The first-order chi connectivity index (χ1) is 13.2. The summed E-state index contributed by atoms with van der Waals surface area (Å²) in [6.45, 7) is 1.88. The van der Waals surface area contributed by atoms with E-state index < -0.39 is 11.7 Å². The summed E-state index contributed by atoms with van der Waals surface area (Å²) in [6.07, 6.45) is -0.119. The molecular formula is C22H23F3N2O. The molecule has 28 heavy (non-hydrogen) atoms. The topological polar surface area (TPSA) is 23.6 Å². The van der Waals surface area contributed by atoms with E-state index in [1.54, 1.807) is 11.0 Å². The number of benzene rings is 2. The third kappa shape index (κ3) is 4.81. The van der Waals surface area contributed by atoms with Gasteiger partial charge < -0.3 is 9.80 Å². The molecule has 2 aromatic carbocycles. The van der Waals surface area contributed by atoms with Crippen LogP contribution in [0, 0.1) is 0 Å². The zero-order chi connectivity index (χ0) is 20.3. The maximum atomic E-state index is 12.8. The minimum Gasteiger partial charge on any atom is -0.335 e. The summed E-state index contributed by atoms with van der Waals surface area (Å²) in [7, 11) is 3.88. The summed E-state index contributed by atoms with van der Waals surface area (Å²) >= 11 is 0. The Morgan fingerprint density at radius 3 is 2.39 bits per heavy atom. The van der Waals surface area contributed by atoms with Crippen LogP contribution in [0.25, 0.3) is 11.1 Å². The van der Waals surface area contributed by atoms with Gasteiger partial charge in [-0.25, -0.2) is 0 Å². The van der Waals surface area contributed by atoms with Crippen LogP contribution in [0.2, 0.25) is 0 Å². The van der Waals surface area contributed by atoms with Crippen LogP contribution in [0.4, 0.5) is 13.2 Å². The molecule has 1 aliphatic heterocycles. The Balaban J connectivity index is 1.76. The van der Waals surface area contributed by atoms with E-state index in [4.69, 9.17) is 0 Å². The fourth-order valence-corrected chi connectivity index (χ4v) is 3.25. The average Bonchev–Trinajstić information content (AvgIpc) is 2.66. The minimum atomic E-state index is -4.34. The van der Waals surface area contributed by atoms with Crippen LogP contribution in [0.5, 0.6) is 0 Å². The molecule has 1 amide bonds. The molecule has 6 heteroatoms. The second-order valence-corrected chi connectivity index (χ2v) is 7.23. The SMILES string of the molecule is CN(C)C/C=C/C(=O)N1CCc2ccc(-c3ccc(C(F)(F)F)cc3)cc2C1. The van der Waals surface area contributed by atoms with Crippen LogP contribution < -0.4 is 0 Å². The second kappa shape index (κ2) is 8.19. The molecule has 3 rings (SSSR count). The highest BCUT2D eigenvalue weighted by molar-refractivity contribution is 5.87. The Morgan fingerprint density at radius 2 is 1.75 bits per heavy atom. The number of hydrogen-bond acceptors (Lipinski definition) is 2. The van der Waals surface area contributed by atoms with E-state index in [1.807, 2.05) is 43.3 Å². The average molecular weight is 388 g/mol. The second-order valence-electron chi connectivity index (χ2n) is 7.23. The standard InChI is InChI=1S/C22H23F3N2O/c1-26(2)12-3-4-21(28)27-13-11-17-5-6-18(14-19(17)15-27)16-7-9-20(10-8-16)22(23,24)25/h3-10,14H,11-13,15H2,1-2H3/b4-3+. The number of halogens is 3. The van der Waals surface area contributed by atoms with Crippen molar-refractivity contribution in [3.05, 3.63) is 71.3 Å². The first-order valence-electron chi connectivity index (χ1n) is 9.13. The fraction of sp³-hybridized carbons (Fsp3) is 0.318. The minimum absolute atomic E-state index is 0.0209.